The third kappa shape index (κ3) is 7.26. The van der Waals surface area contributed by atoms with Gasteiger partial charge in [0.05, 0.1) is 37.1 Å². The van der Waals surface area contributed by atoms with Crippen molar-refractivity contribution in [1.29, 1.82) is 0 Å². The fourth-order valence-electron chi connectivity index (χ4n) is 13.4. The number of hydrogen-bond acceptors (Lipinski definition) is 14. The molecule has 4 saturated carbocycles. The van der Waals surface area contributed by atoms with Crippen molar-refractivity contribution >= 4 is 0 Å². The summed E-state index contributed by atoms with van der Waals surface area (Å²) in [7, 11) is 0. The fourth-order valence-corrected chi connectivity index (χ4v) is 13.4. The number of fused-ring (bicyclic) bond motifs is 5. The van der Waals surface area contributed by atoms with E-state index < -0.39 is 115 Å². The summed E-state index contributed by atoms with van der Waals surface area (Å²) in [6, 6.07) is 0. The van der Waals surface area contributed by atoms with Gasteiger partial charge in [-0.15, -0.1) is 0 Å². The van der Waals surface area contributed by atoms with E-state index in [2.05, 4.69) is 26.8 Å². The van der Waals surface area contributed by atoms with Crippen molar-refractivity contribution < 1.29 is 70.0 Å². The second-order valence-corrected chi connectivity index (χ2v) is 20.1. The van der Waals surface area contributed by atoms with E-state index in [1.54, 1.807) is 0 Å². The van der Waals surface area contributed by atoms with Crippen molar-refractivity contribution in [2.45, 2.75) is 186 Å². The minimum absolute atomic E-state index is 0.0163. The Labute approximate surface area is 331 Å². The molecule has 0 aromatic rings. The second-order valence-electron chi connectivity index (χ2n) is 20.1. The zero-order valence-corrected chi connectivity index (χ0v) is 34.5. The van der Waals surface area contributed by atoms with Crippen LogP contribution in [0.2, 0.25) is 0 Å². The molecule has 22 atom stereocenters. The standard InChI is InChI=1S/C42H72O14/c1-19(2)10-9-13-42(8,56-38-34(52)32(50)30(48)25(18-44)54-38)21-11-14-41(7)27-20(3)35(55-37-33(51)31(49)29(47)24(17-43)53-37)36-39(4,5)26(46)12-15-40(36,6)22(27)16-23(45)28(21)41/h10,20-38,43-52H,9,11-18H2,1-8H3. The summed E-state index contributed by atoms with van der Waals surface area (Å²) in [5.41, 5.74) is -1.39. The van der Waals surface area contributed by atoms with E-state index >= 15 is 0 Å². The zero-order chi connectivity index (χ0) is 41.4. The highest BCUT2D eigenvalue weighted by Crippen LogP contribution is 2.73. The molecule has 0 aromatic carbocycles. The molecule has 14 heteroatoms. The van der Waals surface area contributed by atoms with Crippen molar-refractivity contribution in [3.05, 3.63) is 11.6 Å². The molecular formula is C42H72O14. The van der Waals surface area contributed by atoms with Crippen molar-refractivity contribution in [3.8, 4) is 0 Å². The van der Waals surface area contributed by atoms with Gasteiger partial charge in [0.1, 0.15) is 48.8 Å². The highest BCUT2D eigenvalue weighted by molar-refractivity contribution is 5.19. The summed E-state index contributed by atoms with van der Waals surface area (Å²) in [5, 5.41) is 109. The van der Waals surface area contributed by atoms with E-state index in [9.17, 15) is 51.1 Å². The van der Waals surface area contributed by atoms with Crippen LogP contribution in [0.15, 0.2) is 11.6 Å². The van der Waals surface area contributed by atoms with Gasteiger partial charge in [0.15, 0.2) is 12.6 Å². The van der Waals surface area contributed by atoms with Crippen LogP contribution in [0.1, 0.15) is 100 Å². The summed E-state index contributed by atoms with van der Waals surface area (Å²) in [6.45, 7) is 15.5. The number of aliphatic hydroxyl groups excluding tert-OH is 10. The molecule has 56 heavy (non-hydrogen) atoms. The Morgan fingerprint density at radius 1 is 0.750 bits per heavy atom. The molecule has 6 aliphatic rings. The Hall–Kier alpha value is -0.820. The van der Waals surface area contributed by atoms with Gasteiger partial charge >= 0.3 is 0 Å². The molecule has 14 nitrogen and oxygen atoms in total. The van der Waals surface area contributed by atoms with Crippen LogP contribution in [-0.2, 0) is 18.9 Å². The summed E-state index contributed by atoms with van der Waals surface area (Å²) in [5.74, 6) is -0.941. The average Bonchev–Trinajstić information content (AvgIpc) is 3.51. The summed E-state index contributed by atoms with van der Waals surface area (Å²) >= 11 is 0. The maximum absolute atomic E-state index is 12.5. The molecule has 0 aromatic heterocycles. The van der Waals surface area contributed by atoms with Crippen LogP contribution in [0.25, 0.3) is 0 Å². The van der Waals surface area contributed by atoms with Crippen LogP contribution >= 0.6 is 0 Å². The molecule has 4 aliphatic carbocycles. The largest absolute Gasteiger partial charge is 0.394 e. The molecular weight excluding hydrogens is 728 g/mol. The van der Waals surface area contributed by atoms with E-state index in [0.717, 1.165) is 12.0 Å². The molecule has 10 N–H and O–H groups in total. The van der Waals surface area contributed by atoms with Crippen molar-refractivity contribution in [3.63, 3.8) is 0 Å². The first kappa shape index (κ1) is 44.7. The highest BCUT2D eigenvalue weighted by Gasteiger charge is 2.71. The third-order valence-electron chi connectivity index (χ3n) is 16.2. The third-order valence-corrected chi connectivity index (χ3v) is 16.2. The lowest BCUT2D eigenvalue weighted by molar-refractivity contribution is -0.349. The van der Waals surface area contributed by atoms with Gasteiger partial charge in [0.2, 0.25) is 0 Å². The molecule has 0 radical (unpaired) electrons. The normalized spacial score (nSPS) is 52.6. The first-order chi connectivity index (χ1) is 26.1. The van der Waals surface area contributed by atoms with Gasteiger partial charge in [-0.1, -0.05) is 46.3 Å². The molecule has 6 fully saturated rings. The zero-order valence-electron chi connectivity index (χ0n) is 34.5. The molecule has 2 saturated heterocycles. The van der Waals surface area contributed by atoms with Gasteiger partial charge in [-0.3, -0.25) is 0 Å². The Morgan fingerprint density at radius 2 is 1.30 bits per heavy atom. The monoisotopic (exact) mass is 800 g/mol. The average molecular weight is 801 g/mol. The van der Waals surface area contributed by atoms with E-state index in [1.165, 1.54) is 0 Å². The van der Waals surface area contributed by atoms with Crippen molar-refractivity contribution in [2.75, 3.05) is 13.2 Å². The first-order valence-electron chi connectivity index (χ1n) is 21.0. The Kier molecular flexibility index (Phi) is 13.0. The maximum Gasteiger partial charge on any atom is 0.187 e. The topological polar surface area (TPSA) is 239 Å². The van der Waals surface area contributed by atoms with E-state index in [4.69, 9.17) is 18.9 Å². The van der Waals surface area contributed by atoms with Crippen LogP contribution in [-0.4, -0.2) is 150 Å². The van der Waals surface area contributed by atoms with Gasteiger partial charge in [-0.25, -0.2) is 0 Å². The quantitative estimate of drug-likeness (QED) is 0.110. The van der Waals surface area contributed by atoms with Gasteiger partial charge in [0, 0.05) is 0 Å². The van der Waals surface area contributed by atoms with Gasteiger partial charge in [-0.05, 0) is 117 Å². The second kappa shape index (κ2) is 16.2. The number of allylic oxidation sites excluding steroid dienone is 2. The van der Waals surface area contributed by atoms with Crippen molar-refractivity contribution in [2.24, 2.45) is 51.8 Å². The fraction of sp³-hybridized carbons (Fsp3) is 0.952. The minimum atomic E-state index is -1.61. The predicted molar refractivity (Wildman–Crippen MR) is 202 cm³/mol. The van der Waals surface area contributed by atoms with Crippen LogP contribution in [0, 0.1) is 51.8 Å². The van der Waals surface area contributed by atoms with Crippen LogP contribution in [0.5, 0.6) is 0 Å². The van der Waals surface area contributed by atoms with E-state index in [0.29, 0.717) is 38.5 Å². The summed E-state index contributed by atoms with van der Waals surface area (Å²) in [4.78, 5) is 0. The lowest BCUT2D eigenvalue weighted by atomic mass is 9.37. The number of hydrogen-bond donors (Lipinski definition) is 10. The molecule has 22 unspecified atom stereocenters. The maximum atomic E-state index is 12.5. The van der Waals surface area contributed by atoms with Gasteiger partial charge in [0.25, 0.3) is 0 Å². The van der Waals surface area contributed by atoms with E-state index in [1.807, 2.05) is 34.6 Å². The molecule has 2 aliphatic heterocycles. The molecule has 324 valence electrons. The van der Waals surface area contributed by atoms with E-state index in [-0.39, 0.29) is 35.5 Å². The Balaban J connectivity index is 1.39. The van der Waals surface area contributed by atoms with Crippen LogP contribution in [0.4, 0.5) is 0 Å². The van der Waals surface area contributed by atoms with Crippen LogP contribution in [0.3, 0.4) is 0 Å². The summed E-state index contributed by atoms with van der Waals surface area (Å²) in [6.07, 6.45) is -9.93. The molecule has 2 heterocycles. The smallest absolute Gasteiger partial charge is 0.187 e. The summed E-state index contributed by atoms with van der Waals surface area (Å²) < 4.78 is 25.5. The number of aliphatic hydroxyl groups is 10. The number of ether oxygens (including phenoxy) is 4. The SMILES string of the molecule is CC(C)=CCCC(C)(OC1OC(CO)C(O)C(O)C1O)C1CCC2(C)C1C(O)CC1C2C(C)C(OC2OC(CO)C(O)C(O)C2O)C2C(C)(C)C(O)CCC12C. The number of rotatable bonds is 10. The lowest BCUT2D eigenvalue weighted by Gasteiger charge is -2.70. The Morgan fingerprint density at radius 3 is 1.88 bits per heavy atom. The van der Waals surface area contributed by atoms with Crippen molar-refractivity contribution in [1.82, 2.24) is 0 Å². The molecule has 0 amide bonds. The van der Waals surface area contributed by atoms with Crippen LogP contribution < -0.4 is 0 Å². The van der Waals surface area contributed by atoms with Gasteiger partial charge in [-0.2, -0.15) is 0 Å². The minimum Gasteiger partial charge on any atom is -0.394 e. The molecule has 6 rings (SSSR count). The molecule has 0 spiro atoms. The predicted octanol–water partition coefficient (Wildman–Crippen LogP) is 0.976. The lowest BCUT2D eigenvalue weighted by Crippen LogP contribution is -2.70. The first-order valence-corrected chi connectivity index (χ1v) is 21.0. The van der Waals surface area contributed by atoms with Gasteiger partial charge < -0.3 is 70.0 Å². The molecule has 0 bridgehead atoms. The Bertz CT molecular complexity index is 1390. The highest BCUT2D eigenvalue weighted by atomic mass is 16.7.